The Kier molecular flexibility index (Phi) is 5.46. The number of rotatable bonds is 6. The Labute approximate surface area is 132 Å². The first-order chi connectivity index (χ1) is 10.8. The van der Waals surface area contributed by atoms with Gasteiger partial charge in [-0.2, -0.15) is 0 Å². The van der Waals surface area contributed by atoms with Gasteiger partial charge < -0.3 is 15.0 Å². The van der Waals surface area contributed by atoms with Crippen LogP contribution in [0.3, 0.4) is 0 Å². The number of hydrogen-bond acceptors (Lipinski definition) is 3. The predicted molar refractivity (Wildman–Crippen MR) is 86.5 cm³/mol. The van der Waals surface area contributed by atoms with Gasteiger partial charge in [-0.3, -0.25) is 4.79 Å². The van der Waals surface area contributed by atoms with Gasteiger partial charge in [0.1, 0.15) is 0 Å². The Balaban J connectivity index is 1.61. The normalized spacial score (nSPS) is 23.7. The lowest BCUT2D eigenvalue weighted by Crippen LogP contribution is -2.39. The Morgan fingerprint density at radius 2 is 2.14 bits per heavy atom. The van der Waals surface area contributed by atoms with Crippen LogP contribution in [0.1, 0.15) is 37.3 Å². The van der Waals surface area contributed by atoms with Gasteiger partial charge in [-0.25, -0.2) is 0 Å². The number of amides is 1. The predicted octanol–water partition coefficient (Wildman–Crippen LogP) is 2.37. The SMILES string of the molecule is O=C1CCCN1C[C@@H](NC[C@H]1CCCOC1)c1ccccc1. The van der Waals surface area contributed by atoms with Crippen LogP contribution in [0.5, 0.6) is 0 Å². The zero-order valence-electron chi connectivity index (χ0n) is 13.2. The maximum absolute atomic E-state index is 11.9. The molecular formula is C18H26N2O2. The minimum Gasteiger partial charge on any atom is -0.381 e. The maximum atomic E-state index is 11.9. The molecule has 3 rings (SSSR count). The van der Waals surface area contributed by atoms with Crippen LogP contribution in [-0.2, 0) is 9.53 Å². The first kappa shape index (κ1) is 15.5. The molecule has 2 saturated heterocycles. The van der Waals surface area contributed by atoms with Crippen LogP contribution >= 0.6 is 0 Å². The molecular weight excluding hydrogens is 276 g/mol. The monoisotopic (exact) mass is 302 g/mol. The van der Waals surface area contributed by atoms with Crippen molar-refractivity contribution in [1.82, 2.24) is 10.2 Å². The standard InChI is InChI=1S/C18H26N2O2/c21-18-9-4-10-20(18)13-17(16-7-2-1-3-8-16)19-12-15-6-5-11-22-14-15/h1-3,7-8,15,17,19H,4-6,9-14H2/t15-,17-/m1/s1. The average molecular weight is 302 g/mol. The molecule has 0 aromatic heterocycles. The zero-order valence-corrected chi connectivity index (χ0v) is 13.2. The lowest BCUT2D eigenvalue weighted by molar-refractivity contribution is -0.128. The highest BCUT2D eigenvalue weighted by Crippen LogP contribution is 2.20. The minimum absolute atomic E-state index is 0.213. The molecule has 2 fully saturated rings. The van der Waals surface area contributed by atoms with Gasteiger partial charge in [0, 0.05) is 38.7 Å². The second kappa shape index (κ2) is 7.75. The van der Waals surface area contributed by atoms with Crippen molar-refractivity contribution in [2.75, 3.05) is 32.8 Å². The summed E-state index contributed by atoms with van der Waals surface area (Å²) < 4.78 is 5.57. The van der Waals surface area contributed by atoms with E-state index in [1.54, 1.807) is 0 Å². The average Bonchev–Trinajstić information content (AvgIpc) is 2.98. The molecule has 1 aromatic carbocycles. The van der Waals surface area contributed by atoms with Gasteiger partial charge in [-0.05, 0) is 30.7 Å². The number of carbonyl (C=O) groups is 1. The second-order valence-electron chi connectivity index (χ2n) is 6.40. The van der Waals surface area contributed by atoms with Crippen molar-refractivity contribution in [3.05, 3.63) is 35.9 Å². The van der Waals surface area contributed by atoms with E-state index in [9.17, 15) is 4.79 Å². The van der Waals surface area contributed by atoms with Crippen molar-refractivity contribution < 1.29 is 9.53 Å². The number of nitrogens with one attached hydrogen (secondary N) is 1. The summed E-state index contributed by atoms with van der Waals surface area (Å²) in [4.78, 5) is 13.9. The van der Waals surface area contributed by atoms with Crippen molar-refractivity contribution in [2.24, 2.45) is 5.92 Å². The molecule has 2 aliphatic rings. The van der Waals surface area contributed by atoms with Crippen LogP contribution in [0, 0.1) is 5.92 Å². The van der Waals surface area contributed by atoms with E-state index in [0.29, 0.717) is 18.2 Å². The van der Waals surface area contributed by atoms with E-state index in [1.807, 2.05) is 11.0 Å². The van der Waals surface area contributed by atoms with Crippen molar-refractivity contribution in [3.8, 4) is 0 Å². The van der Waals surface area contributed by atoms with Gasteiger partial charge in [0.15, 0.2) is 0 Å². The largest absolute Gasteiger partial charge is 0.381 e. The highest BCUT2D eigenvalue weighted by molar-refractivity contribution is 5.78. The second-order valence-corrected chi connectivity index (χ2v) is 6.40. The molecule has 1 N–H and O–H groups in total. The summed E-state index contributed by atoms with van der Waals surface area (Å²) in [5, 5.41) is 3.68. The summed E-state index contributed by atoms with van der Waals surface area (Å²) in [5.41, 5.74) is 1.26. The zero-order chi connectivity index (χ0) is 15.2. The molecule has 2 atom stereocenters. The lowest BCUT2D eigenvalue weighted by atomic mass is 10.0. The quantitative estimate of drug-likeness (QED) is 0.877. The molecule has 2 aliphatic heterocycles. The third kappa shape index (κ3) is 4.08. The molecule has 22 heavy (non-hydrogen) atoms. The fraction of sp³-hybridized carbons (Fsp3) is 0.611. The van der Waals surface area contributed by atoms with Crippen LogP contribution in [0.25, 0.3) is 0 Å². The Morgan fingerprint density at radius 3 is 2.82 bits per heavy atom. The molecule has 0 unspecified atom stereocenters. The molecule has 0 saturated carbocycles. The van der Waals surface area contributed by atoms with Crippen molar-refractivity contribution in [2.45, 2.75) is 31.7 Å². The Bertz CT molecular complexity index is 471. The molecule has 120 valence electrons. The fourth-order valence-corrected chi connectivity index (χ4v) is 3.37. The van der Waals surface area contributed by atoms with Crippen molar-refractivity contribution >= 4 is 5.91 Å². The van der Waals surface area contributed by atoms with E-state index in [0.717, 1.165) is 45.7 Å². The van der Waals surface area contributed by atoms with Crippen LogP contribution in [0.2, 0.25) is 0 Å². The van der Waals surface area contributed by atoms with Crippen LogP contribution in [0.4, 0.5) is 0 Å². The van der Waals surface area contributed by atoms with E-state index < -0.39 is 0 Å². The highest BCUT2D eigenvalue weighted by Gasteiger charge is 2.25. The molecule has 1 amide bonds. The molecule has 4 nitrogen and oxygen atoms in total. The summed E-state index contributed by atoms with van der Waals surface area (Å²) in [5.74, 6) is 0.887. The Morgan fingerprint density at radius 1 is 1.27 bits per heavy atom. The first-order valence-corrected chi connectivity index (χ1v) is 8.47. The van der Waals surface area contributed by atoms with Crippen molar-refractivity contribution in [3.63, 3.8) is 0 Å². The number of nitrogens with zero attached hydrogens (tertiary/aromatic N) is 1. The van der Waals surface area contributed by atoms with Crippen LogP contribution in [0.15, 0.2) is 30.3 Å². The first-order valence-electron chi connectivity index (χ1n) is 8.47. The summed E-state index contributed by atoms with van der Waals surface area (Å²) in [6.45, 7) is 4.40. The van der Waals surface area contributed by atoms with Crippen LogP contribution in [-0.4, -0.2) is 43.7 Å². The van der Waals surface area contributed by atoms with E-state index in [4.69, 9.17) is 4.74 Å². The molecule has 2 heterocycles. The molecule has 1 aromatic rings. The maximum Gasteiger partial charge on any atom is 0.222 e. The van der Waals surface area contributed by atoms with Gasteiger partial charge in [0.25, 0.3) is 0 Å². The lowest BCUT2D eigenvalue weighted by Gasteiger charge is -2.28. The van der Waals surface area contributed by atoms with Gasteiger partial charge >= 0.3 is 0 Å². The summed E-state index contributed by atoms with van der Waals surface area (Å²) >= 11 is 0. The van der Waals surface area contributed by atoms with E-state index >= 15 is 0 Å². The van der Waals surface area contributed by atoms with Crippen LogP contribution < -0.4 is 5.32 Å². The van der Waals surface area contributed by atoms with E-state index in [2.05, 4.69) is 29.6 Å². The minimum atomic E-state index is 0.213. The van der Waals surface area contributed by atoms with Gasteiger partial charge in [-0.15, -0.1) is 0 Å². The number of carbonyl (C=O) groups excluding carboxylic acids is 1. The summed E-state index contributed by atoms with van der Waals surface area (Å²) in [6, 6.07) is 10.7. The Hall–Kier alpha value is -1.39. The number of likely N-dealkylation sites (tertiary alicyclic amines) is 1. The topological polar surface area (TPSA) is 41.6 Å². The molecule has 4 heteroatoms. The molecule has 0 bridgehead atoms. The van der Waals surface area contributed by atoms with Gasteiger partial charge in [0.05, 0.1) is 6.61 Å². The third-order valence-corrected chi connectivity index (χ3v) is 4.68. The van der Waals surface area contributed by atoms with Gasteiger partial charge in [0.2, 0.25) is 5.91 Å². The third-order valence-electron chi connectivity index (χ3n) is 4.68. The van der Waals surface area contributed by atoms with Crippen molar-refractivity contribution in [1.29, 1.82) is 0 Å². The summed E-state index contributed by atoms with van der Waals surface area (Å²) in [7, 11) is 0. The van der Waals surface area contributed by atoms with E-state index in [-0.39, 0.29) is 6.04 Å². The number of ether oxygens (including phenoxy) is 1. The smallest absolute Gasteiger partial charge is 0.222 e. The fourth-order valence-electron chi connectivity index (χ4n) is 3.37. The summed E-state index contributed by atoms with van der Waals surface area (Å²) in [6.07, 6.45) is 4.10. The van der Waals surface area contributed by atoms with Gasteiger partial charge in [-0.1, -0.05) is 30.3 Å². The highest BCUT2D eigenvalue weighted by atomic mass is 16.5. The van der Waals surface area contributed by atoms with E-state index in [1.165, 1.54) is 12.0 Å². The molecule has 0 spiro atoms. The molecule has 0 aliphatic carbocycles. The number of benzene rings is 1. The number of hydrogen-bond donors (Lipinski definition) is 1. The molecule has 0 radical (unpaired) electrons.